The number of ether oxygens (including phenoxy) is 7. The molecule has 18 atom stereocenters. The van der Waals surface area contributed by atoms with Crippen molar-refractivity contribution in [3.8, 4) is 0 Å². The van der Waals surface area contributed by atoms with E-state index in [2.05, 4.69) is 0 Å². The van der Waals surface area contributed by atoms with Crippen LogP contribution in [0.3, 0.4) is 0 Å². The van der Waals surface area contributed by atoms with E-state index in [4.69, 9.17) is 33.2 Å². The van der Waals surface area contributed by atoms with Gasteiger partial charge in [-0.15, -0.1) is 0 Å². The lowest BCUT2D eigenvalue weighted by Crippen LogP contribution is -2.80. The van der Waals surface area contributed by atoms with E-state index in [-0.39, 0.29) is 12.2 Å². The zero-order chi connectivity index (χ0) is 40.0. The lowest BCUT2D eigenvalue weighted by atomic mass is 9.39. The molecule has 296 valence electrons. The second-order valence-corrected chi connectivity index (χ2v) is 17.2. The predicted octanol–water partition coefficient (Wildman–Crippen LogP) is 1.10. The van der Waals surface area contributed by atoms with Crippen LogP contribution in [-0.2, 0) is 66.7 Å². The van der Waals surface area contributed by atoms with Crippen LogP contribution in [0.15, 0.2) is 11.8 Å². The summed E-state index contributed by atoms with van der Waals surface area (Å²) in [5.41, 5.74) is -9.51. The predicted molar refractivity (Wildman–Crippen MR) is 177 cm³/mol. The van der Waals surface area contributed by atoms with E-state index in [1.165, 1.54) is 20.8 Å². The van der Waals surface area contributed by atoms with Crippen LogP contribution in [0.4, 0.5) is 0 Å². The van der Waals surface area contributed by atoms with Crippen LogP contribution in [0.2, 0.25) is 0 Å². The first kappa shape index (κ1) is 38.4. The molecule has 0 bridgehead atoms. The number of hydrogen-bond donors (Lipinski definition) is 2. The van der Waals surface area contributed by atoms with Crippen molar-refractivity contribution in [3.63, 3.8) is 0 Å². The lowest BCUT2D eigenvalue weighted by Gasteiger charge is -2.67. The fourth-order valence-corrected chi connectivity index (χ4v) is 12.5. The number of fused-ring (bicyclic) bond motifs is 10. The Morgan fingerprint density at radius 1 is 0.722 bits per heavy atom. The van der Waals surface area contributed by atoms with Gasteiger partial charge in [-0.3, -0.25) is 28.8 Å². The van der Waals surface area contributed by atoms with Crippen molar-refractivity contribution in [3.05, 3.63) is 11.8 Å². The maximum Gasteiger partial charge on any atom is 0.343 e. The number of Topliss-reactive ketones (excluding diaryl/α,β-unsaturated/α-hetero) is 1. The van der Waals surface area contributed by atoms with Crippen LogP contribution >= 0.6 is 0 Å². The van der Waals surface area contributed by atoms with Gasteiger partial charge >= 0.3 is 35.8 Å². The first-order chi connectivity index (χ1) is 24.9. The molecule has 16 heteroatoms. The van der Waals surface area contributed by atoms with Crippen LogP contribution < -0.4 is 0 Å². The molecule has 5 aliphatic carbocycles. The van der Waals surface area contributed by atoms with Crippen molar-refractivity contribution in [2.75, 3.05) is 0 Å². The Balaban J connectivity index is 1.59. The first-order valence-corrected chi connectivity index (χ1v) is 18.4. The minimum Gasteiger partial charge on any atom is -0.462 e. The molecule has 7 rings (SSSR count). The topological polar surface area (TPSA) is 228 Å². The van der Waals surface area contributed by atoms with Gasteiger partial charge in [-0.1, -0.05) is 20.8 Å². The van der Waals surface area contributed by atoms with Crippen molar-refractivity contribution in [1.29, 1.82) is 0 Å². The molecule has 4 saturated carbocycles. The highest BCUT2D eigenvalue weighted by molar-refractivity contribution is 5.95. The average Bonchev–Trinajstić information content (AvgIpc) is 3.70. The lowest BCUT2D eigenvalue weighted by molar-refractivity contribution is -0.297. The van der Waals surface area contributed by atoms with Gasteiger partial charge < -0.3 is 43.4 Å². The maximum atomic E-state index is 15.1. The largest absolute Gasteiger partial charge is 0.462 e. The van der Waals surface area contributed by atoms with Crippen LogP contribution in [0.25, 0.3) is 0 Å². The third kappa shape index (κ3) is 4.68. The van der Waals surface area contributed by atoms with E-state index in [0.29, 0.717) is 0 Å². The molecule has 54 heavy (non-hydrogen) atoms. The maximum absolute atomic E-state index is 15.1. The Morgan fingerprint density at radius 3 is 1.81 bits per heavy atom. The summed E-state index contributed by atoms with van der Waals surface area (Å²) in [5.74, 6) is -11.8. The van der Waals surface area contributed by atoms with Crippen LogP contribution in [-0.4, -0.2) is 106 Å². The van der Waals surface area contributed by atoms with Gasteiger partial charge in [-0.25, -0.2) is 4.79 Å². The molecular formula is C38H48O16. The Bertz CT molecular complexity index is 1780. The molecule has 16 nitrogen and oxygen atoms in total. The van der Waals surface area contributed by atoms with E-state index < -0.39 is 147 Å². The Hall–Kier alpha value is -3.89. The number of ketones is 1. The van der Waals surface area contributed by atoms with E-state index in [1.807, 2.05) is 6.92 Å². The van der Waals surface area contributed by atoms with Crippen molar-refractivity contribution in [2.24, 2.45) is 51.8 Å². The average molecular weight is 761 g/mol. The summed E-state index contributed by atoms with van der Waals surface area (Å²) in [6.07, 6.45) is -7.41. The zero-order valence-corrected chi connectivity index (χ0v) is 31.9. The second-order valence-electron chi connectivity index (χ2n) is 17.2. The van der Waals surface area contributed by atoms with E-state index in [9.17, 15) is 39.0 Å². The van der Waals surface area contributed by atoms with Gasteiger partial charge in [0, 0.05) is 70.1 Å². The second kappa shape index (κ2) is 11.8. The highest BCUT2D eigenvalue weighted by atomic mass is 16.6. The fourth-order valence-electron chi connectivity index (χ4n) is 12.5. The van der Waals surface area contributed by atoms with Gasteiger partial charge in [0.25, 0.3) is 0 Å². The molecule has 0 amide bonds. The monoisotopic (exact) mass is 760 g/mol. The summed E-state index contributed by atoms with van der Waals surface area (Å²) in [6.45, 7) is 13.7. The molecular weight excluding hydrogens is 712 g/mol. The van der Waals surface area contributed by atoms with Gasteiger partial charge in [0.15, 0.2) is 11.7 Å². The van der Waals surface area contributed by atoms with Crippen molar-refractivity contribution < 1.29 is 76.9 Å². The SMILES string of the molecule is CC(=O)OC1C(=O)C2(O)CC3OC3C(OC(C)=O)C2(C)C2C(OC(C)=O)C(OC(C)=O)C3(C)C(C(OC(C)=O)C4C3C(C)C=C3OC(=O)C(C)(O)C34C)C12. The third-order valence-corrected chi connectivity index (χ3v) is 14.5. The zero-order valence-electron chi connectivity index (χ0n) is 31.9. The van der Waals surface area contributed by atoms with Crippen LogP contribution in [0.1, 0.15) is 75.7 Å². The quantitative estimate of drug-likeness (QED) is 0.227. The minimum absolute atomic E-state index is 0.138. The Morgan fingerprint density at radius 2 is 1.26 bits per heavy atom. The highest BCUT2D eigenvalue weighted by Gasteiger charge is 2.86. The standard InChI is InChI=1S/C38H48O16/c1-13-11-20-35(8,37(10,46)33(45)54-20)25-22(13)34(7)23(28(25)49-15(3)40)21-24(29(50-16(4)41)31(34)51-17(5)42)36(9)32(52-18(6)43)26-19(53-26)12-38(36,47)30(44)27(21)48-14(2)39/h11,13,19,21-29,31-32,46-47H,12H2,1-10H3. The smallest absolute Gasteiger partial charge is 0.343 e. The van der Waals surface area contributed by atoms with Gasteiger partial charge in [0.2, 0.25) is 5.78 Å². The van der Waals surface area contributed by atoms with Crippen molar-refractivity contribution >= 4 is 41.6 Å². The van der Waals surface area contributed by atoms with Gasteiger partial charge in [0.05, 0.1) is 16.9 Å². The van der Waals surface area contributed by atoms with E-state index in [0.717, 1.165) is 27.7 Å². The molecule has 7 aliphatic rings. The molecule has 0 spiro atoms. The minimum atomic E-state index is -2.43. The Labute approximate surface area is 311 Å². The summed E-state index contributed by atoms with van der Waals surface area (Å²) in [6, 6.07) is 0. The molecule has 0 aromatic carbocycles. The number of rotatable bonds is 5. The molecule has 2 aliphatic heterocycles. The van der Waals surface area contributed by atoms with Crippen LogP contribution in [0.5, 0.6) is 0 Å². The van der Waals surface area contributed by atoms with Gasteiger partial charge in [-0.05, 0) is 31.8 Å². The Kier molecular flexibility index (Phi) is 8.39. The van der Waals surface area contributed by atoms with E-state index >= 15 is 4.79 Å². The molecule has 0 aromatic heterocycles. The van der Waals surface area contributed by atoms with Crippen molar-refractivity contribution in [2.45, 2.75) is 130 Å². The fraction of sp³-hybridized carbons (Fsp3) is 0.763. The molecule has 18 unspecified atom stereocenters. The molecule has 6 fully saturated rings. The van der Waals surface area contributed by atoms with Crippen LogP contribution in [0, 0.1) is 51.8 Å². The molecule has 2 N–H and O–H groups in total. The van der Waals surface area contributed by atoms with Gasteiger partial charge in [-0.2, -0.15) is 0 Å². The van der Waals surface area contributed by atoms with E-state index in [1.54, 1.807) is 19.9 Å². The summed E-state index contributed by atoms with van der Waals surface area (Å²) in [5, 5.41) is 24.8. The number of aliphatic hydroxyl groups is 2. The molecule has 2 saturated heterocycles. The number of allylic oxidation sites excluding steroid dienone is 1. The highest BCUT2D eigenvalue weighted by Crippen LogP contribution is 2.76. The first-order valence-electron chi connectivity index (χ1n) is 18.4. The summed E-state index contributed by atoms with van der Waals surface area (Å²) in [7, 11) is 0. The molecule has 0 radical (unpaired) electrons. The molecule has 2 heterocycles. The number of epoxide rings is 1. The number of hydrogen-bond acceptors (Lipinski definition) is 16. The van der Waals surface area contributed by atoms with Gasteiger partial charge in [0.1, 0.15) is 41.9 Å². The molecule has 0 aromatic rings. The number of esters is 6. The summed E-state index contributed by atoms with van der Waals surface area (Å²) in [4.78, 5) is 94.0. The summed E-state index contributed by atoms with van der Waals surface area (Å²) >= 11 is 0. The third-order valence-electron chi connectivity index (χ3n) is 14.5. The number of carbonyl (C=O) groups is 7. The van der Waals surface area contributed by atoms with Crippen molar-refractivity contribution in [1.82, 2.24) is 0 Å². The normalized spacial score (nSPS) is 50.6. The summed E-state index contributed by atoms with van der Waals surface area (Å²) < 4.78 is 42.1. The number of carbonyl (C=O) groups excluding carboxylic acids is 7.